The van der Waals surface area contributed by atoms with Crippen LogP contribution in [-0.4, -0.2) is 17.6 Å². The highest BCUT2D eigenvalue weighted by atomic mass is 127. The second-order valence-corrected chi connectivity index (χ2v) is 4.36. The van der Waals surface area contributed by atoms with E-state index in [-0.39, 0.29) is 29.8 Å². The summed E-state index contributed by atoms with van der Waals surface area (Å²) in [6, 6.07) is 5.34. The van der Waals surface area contributed by atoms with Gasteiger partial charge in [0, 0.05) is 23.1 Å². The normalized spacial score (nSPS) is 10.8. The molecule has 0 saturated carbocycles. The third kappa shape index (κ3) is 3.67. The Kier molecular flexibility index (Phi) is 5.39. The highest BCUT2D eigenvalue weighted by molar-refractivity contribution is 14.0. The van der Waals surface area contributed by atoms with Gasteiger partial charge in [-0.3, -0.25) is 0 Å². The third-order valence-corrected chi connectivity index (χ3v) is 2.68. The van der Waals surface area contributed by atoms with Gasteiger partial charge in [-0.1, -0.05) is 13.8 Å². The molecule has 1 heterocycles. The molecule has 0 aliphatic heterocycles. The number of hydrogen-bond acceptors (Lipinski definition) is 1. The van der Waals surface area contributed by atoms with Crippen LogP contribution >= 0.6 is 24.0 Å². The van der Waals surface area contributed by atoms with Crippen molar-refractivity contribution < 1.29 is 4.39 Å². The van der Waals surface area contributed by atoms with E-state index in [0.29, 0.717) is 6.04 Å². The minimum Gasteiger partial charge on any atom is -0.361 e. The van der Waals surface area contributed by atoms with E-state index in [1.165, 1.54) is 11.6 Å². The number of nitrogens with one attached hydrogen (secondary N) is 2. The molecule has 1 aromatic carbocycles. The molecule has 2 rings (SSSR count). The number of benzene rings is 1. The molecule has 0 spiro atoms. The summed E-state index contributed by atoms with van der Waals surface area (Å²) >= 11 is 0. The van der Waals surface area contributed by atoms with Gasteiger partial charge in [-0.05, 0) is 36.7 Å². The largest absolute Gasteiger partial charge is 0.361 e. The van der Waals surface area contributed by atoms with Gasteiger partial charge in [0.2, 0.25) is 0 Å². The van der Waals surface area contributed by atoms with Gasteiger partial charge >= 0.3 is 0 Å². The number of hydrogen-bond donors (Lipinski definition) is 2. The monoisotopic (exact) mass is 348 g/mol. The van der Waals surface area contributed by atoms with E-state index in [9.17, 15) is 4.39 Å². The maximum atomic E-state index is 13.1. The highest BCUT2D eigenvalue weighted by Gasteiger charge is 2.04. The van der Waals surface area contributed by atoms with Crippen LogP contribution in [0.3, 0.4) is 0 Å². The number of rotatable bonds is 4. The fraction of sp³-hybridized carbons (Fsp3) is 0.385. The Bertz CT molecular complexity index is 479. The summed E-state index contributed by atoms with van der Waals surface area (Å²) in [6.45, 7) is 5.16. The maximum Gasteiger partial charge on any atom is 0.123 e. The second-order valence-electron chi connectivity index (χ2n) is 4.36. The van der Waals surface area contributed by atoms with Crippen molar-refractivity contribution >= 4 is 34.9 Å². The fourth-order valence-corrected chi connectivity index (χ4v) is 1.85. The van der Waals surface area contributed by atoms with Crippen LogP contribution in [0.1, 0.15) is 19.4 Å². The quantitative estimate of drug-likeness (QED) is 0.814. The predicted molar refractivity (Wildman–Crippen MR) is 80.5 cm³/mol. The summed E-state index contributed by atoms with van der Waals surface area (Å²) < 4.78 is 13.1. The summed E-state index contributed by atoms with van der Waals surface area (Å²) in [7, 11) is 0. The first kappa shape index (κ1) is 14.4. The molecule has 0 atom stereocenters. The summed E-state index contributed by atoms with van der Waals surface area (Å²) in [4.78, 5) is 3.16. The van der Waals surface area contributed by atoms with Crippen LogP contribution in [0.2, 0.25) is 0 Å². The van der Waals surface area contributed by atoms with Crippen LogP contribution < -0.4 is 5.32 Å². The lowest BCUT2D eigenvalue weighted by Crippen LogP contribution is -2.24. The van der Waals surface area contributed by atoms with E-state index < -0.39 is 0 Å². The Morgan fingerprint density at radius 2 is 2.12 bits per heavy atom. The van der Waals surface area contributed by atoms with E-state index in [2.05, 4.69) is 24.1 Å². The molecule has 0 saturated heterocycles. The van der Waals surface area contributed by atoms with Crippen LogP contribution in [-0.2, 0) is 6.42 Å². The lowest BCUT2D eigenvalue weighted by Gasteiger charge is -2.06. The molecule has 4 heteroatoms. The van der Waals surface area contributed by atoms with Crippen molar-refractivity contribution in [2.24, 2.45) is 0 Å². The second kappa shape index (κ2) is 6.35. The molecule has 2 N–H and O–H groups in total. The van der Waals surface area contributed by atoms with Gasteiger partial charge in [-0.15, -0.1) is 24.0 Å². The van der Waals surface area contributed by atoms with Crippen LogP contribution in [0.25, 0.3) is 10.9 Å². The third-order valence-electron chi connectivity index (χ3n) is 2.68. The number of aromatic nitrogens is 1. The maximum absolute atomic E-state index is 13.1. The standard InChI is InChI=1S/C13H17FN2.HI/c1-9(2)15-6-5-10-8-16-13-4-3-11(14)7-12(10)13;/h3-4,7-9,15-16H,5-6H2,1-2H3;1H. The molecular formula is C13H18FIN2. The Labute approximate surface area is 118 Å². The smallest absolute Gasteiger partial charge is 0.123 e. The zero-order chi connectivity index (χ0) is 11.5. The van der Waals surface area contributed by atoms with Crippen LogP contribution in [0, 0.1) is 5.82 Å². The van der Waals surface area contributed by atoms with E-state index in [1.54, 1.807) is 12.1 Å². The van der Waals surface area contributed by atoms with Crippen LogP contribution in [0.5, 0.6) is 0 Å². The average molecular weight is 348 g/mol. The van der Waals surface area contributed by atoms with E-state index in [0.717, 1.165) is 23.9 Å². The molecule has 1 aromatic heterocycles. The van der Waals surface area contributed by atoms with Gasteiger partial charge in [0.15, 0.2) is 0 Å². The van der Waals surface area contributed by atoms with Crippen molar-refractivity contribution in [1.82, 2.24) is 10.3 Å². The number of H-pyrrole nitrogens is 1. The molecule has 0 fully saturated rings. The number of fused-ring (bicyclic) bond motifs is 1. The Morgan fingerprint density at radius 3 is 2.82 bits per heavy atom. The van der Waals surface area contributed by atoms with Gasteiger partial charge in [0.25, 0.3) is 0 Å². The molecule has 0 amide bonds. The fourth-order valence-electron chi connectivity index (χ4n) is 1.85. The van der Waals surface area contributed by atoms with Crippen molar-refractivity contribution in [2.75, 3.05) is 6.54 Å². The van der Waals surface area contributed by atoms with E-state index in [1.807, 2.05) is 6.20 Å². The SMILES string of the molecule is CC(C)NCCc1c[nH]c2ccc(F)cc12.I. The van der Waals surface area contributed by atoms with Crippen molar-refractivity contribution in [1.29, 1.82) is 0 Å². The highest BCUT2D eigenvalue weighted by Crippen LogP contribution is 2.19. The summed E-state index contributed by atoms with van der Waals surface area (Å²) in [6.07, 6.45) is 2.88. The van der Waals surface area contributed by atoms with E-state index in [4.69, 9.17) is 0 Å². The minimum atomic E-state index is -0.176. The predicted octanol–water partition coefficient (Wildman–Crippen LogP) is 3.47. The Balaban J connectivity index is 0.00000144. The molecule has 2 aromatic rings. The molecule has 2 nitrogen and oxygen atoms in total. The van der Waals surface area contributed by atoms with Crippen LogP contribution in [0.15, 0.2) is 24.4 Å². The van der Waals surface area contributed by atoms with Gasteiger partial charge in [0.1, 0.15) is 5.82 Å². The molecule has 0 aliphatic carbocycles. The molecular weight excluding hydrogens is 330 g/mol. The first-order valence-electron chi connectivity index (χ1n) is 5.65. The minimum absolute atomic E-state index is 0. The summed E-state index contributed by atoms with van der Waals surface area (Å²) in [5.74, 6) is -0.176. The number of aromatic amines is 1. The molecule has 0 radical (unpaired) electrons. The first-order valence-corrected chi connectivity index (χ1v) is 5.65. The van der Waals surface area contributed by atoms with Crippen LogP contribution in [0.4, 0.5) is 4.39 Å². The Hall–Kier alpha value is -0.620. The van der Waals surface area contributed by atoms with Crippen molar-refractivity contribution in [3.8, 4) is 0 Å². The van der Waals surface area contributed by atoms with Gasteiger partial charge < -0.3 is 10.3 Å². The number of halogens is 2. The zero-order valence-corrected chi connectivity index (χ0v) is 12.4. The molecule has 0 aliphatic rings. The van der Waals surface area contributed by atoms with Gasteiger partial charge in [-0.25, -0.2) is 4.39 Å². The molecule has 17 heavy (non-hydrogen) atoms. The molecule has 0 unspecified atom stereocenters. The zero-order valence-electron chi connectivity index (χ0n) is 10.1. The summed E-state index contributed by atoms with van der Waals surface area (Å²) in [5, 5.41) is 4.35. The lowest BCUT2D eigenvalue weighted by atomic mass is 10.1. The topological polar surface area (TPSA) is 27.8 Å². The van der Waals surface area contributed by atoms with E-state index >= 15 is 0 Å². The lowest BCUT2D eigenvalue weighted by molar-refractivity contribution is 0.591. The van der Waals surface area contributed by atoms with Gasteiger partial charge in [0.05, 0.1) is 0 Å². The Morgan fingerprint density at radius 1 is 1.35 bits per heavy atom. The first-order chi connectivity index (χ1) is 7.66. The summed E-state index contributed by atoms with van der Waals surface area (Å²) in [5.41, 5.74) is 2.17. The van der Waals surface area contributed by atoms with Crippen molar-refractivity contribution in [2.45, 2.75) is 26.3 Å². The average Bonchev–Trinajstić information content (AvgIpc) is 2.60. The molecule has 0 bridgehead atoms. The van der Waals surface area contributed by atoms with Gasteiger partial charge in [-0.2, -0.15) is 0 Å². The molecule has 94 valence electrons. The van der Waals surface area contributed by atoms with Crippen molar-refractivity contribution in [3.63, 3.8) is 0 Å². The van der Waals surface area contributed by atoms with Crippen molar-refractivity contribution in [3.05, 3.63) is 35.8 Å².